The molecule has 0 bridgehead atoms. The van der Waals surface area contributed by atoms with Crippen molar-refractivity contribution in [3.05, 3.63) is 95.6 Å². The second-order valence-corrected chi connectivity index (χ2v) is 7.02. The molecule has 0 saturated heterocycles. The van der Waals surface area contributed by atoms with Crippen LogP contribution in [0, 0.1) is 0 Å². The van der Waals surface area contributed by atoms with Crippen molar-refractivity contribution in [3.63, 3.8) is 0 Å². The Bertz CT molecular complexity index is 1060. The second-order valence-electron chi connectivity index (χ2n) is 7.02. The molecule has 0 heterocycles. The van der Waals surface area contributed by atoms with Gasteiger partial charge in [0.15, 0.2) is 6.10 Å². The molecule has 0 aliphatic heterocycles. The van der Waals surface area contributed by atoms with Crippen molar-refractivity contribution in [3.8, 4) is 11.5 Å². The number of hydrogen-bond acceptors (Lipinski definition) is 8. The van der Waals surface area contributed by atoms with Crippen molar-refractivity contribution in [2.45, 2.75) is 6.10 Å². The monoisotopic (exact) mass is 464 g/mol. The third-order valence-corrected chi connectivity index (χ3v) is 4.72. The van der Waals surface area contributed by atoms with E-state index < -0.39 is 24.0 Å². The summed E-state index contributed by atoms with van der Waals surface area (Å²) in [6.45, 7) is -0.639. The van der Waals surface area contributed by atoms with E-state index >= 15 is 0 Å². The highest BCUT2D eigenvalue weighted by molar-refractivity contribution is 5.93. The summed E-state index contributed by atoms with van der Waals surface area (Å²) in [6.07, 6.45) is -1.06. The number of carbonyl (C=O) groups is 3. The molecular formula is C26H24O8. The lowest BCUT2D eigenvalue weighted by Gasteiger charge is -2.19. The maximum atomic E-state index is 12.8. The maximum Gasteiger partial charge on any atom is 0.342 e. The minimum Gasteiger partial charge on any atom is -0.497 e. The van der Waals surface area contributed by atoms with Gasteiger partial charge in [0.2, 0.25) is 0 Å². The van der Waals surface area contributed by atoms with Gasteiger partial charge in [-0.3, -0.25) is 0 Å². The van der Waals surface area contributed by atoms with Crippen LogP contribution in [0.3, 0.4) is 0 Å². The molecule has 0 amide bonds. The predicted molar refractivity (Wildman–Crippen MR) is 122 cm³/mol. The molecule has 0 fully saturated rings. The summed E-state index contributed by atoms with van der Waals surface area (Å²) in [5.41, 5.74) is 0.813. The van der Waals surface area contributed by atoms with Crippen LogP contribution >= 0.6 is 0 Å². The number of carbonyl (C=O) groups excluding carboxylic acids is 3. The smallest absolute Gasteiger partial charge is 0.342 e. The normalized spacial score (nSPS) is 10.3. The van der Waals surface area contributed by atoms with E-state index in [2.05, 4.69) is 0 Å². The van der Waals surface area contributed by atoms with E-state index in [4.69, 9.17) is 23.7 Å². The molecule has 34 heavy (non-hydrogen) atoms. The number of methoxy groups -OCH3 is 2. The number of esters is 3. The van der Waals surface area contributed by atoms with E-state index in [0.717, 1.165) is 0 Å². The molecule has 3 aromatic rings. The fourth-order valence-electron chi connectivity index (χ4n) is 2.95. The Hall–Kier alpha value is -4.33. The van der Waals surface area contributed by atoms with Crippen molar-refractivity contribution < 1.29 is 38.1 Å². The van der Waals surface area contributed by atoms with E-state index in [9.17, 15) is 14.4 Å². The Morgan fingerprint density at radius 3 is 1.68 bits per heavy atom. The molecule has 0 atom stereocenters. The molecule has 0 spiro atoms. The van der Waals surface area contributed by atoms with E-state index in [1.807, 2.05) is 0 Å². The zero-order chi connectivity index (χ0) is 24.3. The maximum absolute atomic E-state index is 12.8. The molecule has 0 aliphatic rings. The van der Waals surface area contributed by atoms with Gasteiger partial charge in [0.1, 0.15) is 30.3 Å². The second kappa shape index (κ2) is 12.1. The number of benzene rings is 3. The van der Waals surface area contributed by atoms with Gasteiger partial charge in [0.05, 0.1) is 25.3 Å². The molecule has 8 heteroatoms. The van der Waals surface area contributed by atoms with Gasteiger partial charge in [-0.2, -0.15) is 0 Å². The molecule has 0 unspecified atom stereocenters. The Morgan fingerprint density at radius 2 is 1.21 bits per heavy atom. The molecule has 0 aliphatic carbocycles. The van der Waals surface area contributed by atoms with Crippen LogP contribution in [0.4, 0.5) is 0 Å². The molecular weight excluding hydrogens is 440 g/mol. The number of rotatable bonds is 10. The van der Waals surface area contributed by atoms with Crippen LogP contribution in [0.2, 0.25) is 0 Å². The fraction of sp³-hybridized carbons (Fsp3) is 0.192. The molecule has 176 valence electrons. The summed E-state index contributed by atoms with van der Waals surface area (Å²) in [6, 6.07) is 21.3. The van der Waals surface area contributed by atoms with E-state index in [-0.39, 0.29) is 24.5 Å². The Kier molecular flexibility index (Phi) is 8.62. The van der Waals surface area contributed by atoms with Crippen molar-refractivity contribution in [2.75, 3.05) is 27.4 Å². The van der Waals surface area contributed by atoms with Crippen molar-refractivity contribution in [1.82, 2.24) is 0 Å². The Labute approximate surface area is 197 Å². The first kappa shape index (κ1) is 24.3. The summed E-state index contributed by atoms with van der Waals surface area (Å²) in [5.74, 6) is -1.20. The molecule has 0 N–H and O–H groups in total. The number of hydrogen-bond donors (Lipinski definition) is 0. The first-order valence-electron chi connectivity index (χ1n) is 10.4. The predicted octanol–water partition coefficient (Wildman–Crippen LogP) is 3.94. The van der Waals surface area contributed by atoms with Crippen molar-refractivity contribution in [2.24, 2.45) is 0 Å². The first-order valence-corrected chi connectivity index (χ1v) is 10.4. The fourth-order valence-corrected chi connectivity index (χ4v) is 2.95. The average molecular weight is 464 g/mol. The molecule has 3 rings (SSSR count). The van der Waals surface area contributed by atoms with Gasteiger partial charge >= 0.3 is 17.9 Å². The topological polar surface area (TPSA) is 97.4 Å². The van der Waals surface area contributed by atoms with Crippen molar-refractivity contribution in [1.29, 1.82) is 0 Å². The first-order chi connectivity index (χ1) is 16.5. The molecule has 3 aromatic carbocycles. The highest BCUT2D eigenvalue weighted by Crippen LogP contribution is 2.25. The lowest BCUT2D eigenvalue weighted by Crippen LogP contribution is -2.31. The van der Waals surface area contributed by atoms with Crippen molar-refractivity contribution >= 4 is 17.9 Å². The van der Waals surface area contributed by atoms with Gasteiger partial charge in [-0.05, 0) is 36.4 Å². The summed E-state index contributed by atoms with van der Waals surface area (Å²) < 4.78 is 26.5. The lowest BCUT2D eigenvalue weighted by molar-refractivity contribution is -0.0255. The van der Waals surface area contributed by atoms with Crippen LogP contribution in [-0.4, -0.2) is 51.4 Å². The highest BCUT2D eigenvalue weighted by atomic mass is 16.6. The van der Waals surface area contributed by atoms with E-state index in [1.54, 1.807) is 66.7 Å². The van der Waals surface area contributed by atoms with Crippen LogP contribution in [0.1, 0.15) is 31.1 Å². The van der Waals surface area contributed by atoms with E-state index in [0.29, 0.717) is 16.9 Å². The zero-order valence-electron chi connectivity index (χ0n) is 18.8. The highest BCUT2D eigenvalue weighted by Gasteiger charge is 2.23. The zero-order valence-corrected chi connectivity index (χ0v) is 18.8. The largest absolute Gasteiger partial charge is 0.497 e. The molecule has 0 saturated carbocycles. The van der Waals surface area contributed by atoms with Gasteiger partial charge < -0.3 is 23.7 Å². The summed E-state index contributed by atoms with van der Waals surface area (Å²) in [7, 11) is 2.90. The van der Waals surface area contributed by atoms with Gasteiger partial charge in [-0.15, -0.1) is 0 Å². The molecule has 0 radical (unpaired) electrons. The Balaban J connectivity index is 1.71. The summed E-state index contributed by atoms with van der Waals surface area (Å²) >= 11 is 0. The van der Waals surface area contributed by atoms with Gasteiger partial charge in [-0.25, -0.2) is 14.4 Å². The number of ether oxygens (including phenoxy) is 5. The van der Waals surface area contributed by atoms with Gasteiger partial charge in [0, 0.05) is 6.07 Å². The van der Waals surface area contributed by atoms with Crippen LogP contribution in [0.25, 0.3) is 0 Å². The quantitative estimate of drug-likeness (QED) is 0.329. The standard InChI is InChI=1S/C26H24O8/c1-30-20-13-14-22(23(15-20)31-2)26(29)34-21(16-32-24(27)18-9-5-3-6-10-18)17-33-25(28)19-11-7-4-8-12-19/h3-15,21H,16-17H2,1-2H3. The lowest BCUT2D eigenvalue weighted by atomic mass is 10.2. The van der Waals surface area contributed by atoms with Gasteiger partial charge in [-0.1, -0.05) is 36.4 Å². The summed E-state index contributed by atoms with van der Waals surface area (Å²) in [4.78, 5) is 37.5. The molecule has 8 nitrogen and oxygen atoms in total. The third-order valence-electron chi connectivity index (χ3n) is 4.72. The van der Waals surface area contributed by atoms with Crippen LogP contribution in [0.15, 0.2) is 78.9 Å². The third kappa shape index (κ3) is 6.59. The SMILES string of the molecule is COc1ccc(C(=O)OC(COC(=O)c2ccccc2)COC(=O)c2ccccc2)c(OC)c1. The van der Waals surface area contributed by atoms with Gasteiger partial charge in [0.25, 0.3) is 0 Å². The van der Waals surface area contributed by atoms with Crippen LogP contribution in [0.5, 0.6) is 11.5 Å². The average Bonchev–Trinajstić information content (AvgIpc) is 2.90. The summed E-state index contributed by atoms with van der Waals surface area (Å²) in [5, 5.41) is 0. The van der Waals surface area contributed by atoms with Crippen LogP contribution < -0.4 is 9.47 Å². The molecule has 0 aromatic heterocycles. The Morgan fingerprint density at radius 1 is 0.676 bits per heavy atom. The minimum absolute atomic E-state index is 0.136. The minimum atomic E-state index is -1.06. The van der Waals surface area contributed by atoms with Crippen LogP contribution in [-0.2, 0) is 14.2 Å². The van der Waals surface area contributed by atoms with E-state index in [1.165, 1.54) is 26.4 Å².